The molecule has 0 saturated carbocycles. The van der Waals surface area contributed by atoms with E-state index in [1.54, 1.807) is 21.1 Å². The molecule has 156 valence electrons. The molecule has 0 aliphatic carbocycles. The molecular weight excluding hydrogens is 423 g/mol. The largest absolute Gasteiger partial charge is 0.416 e. The molecule has 3 heterocycles. The summed E-state index contributed by atoms with van der Waals surface area (Å²) in [7, 11) is 0. The highest BCUT2D eigenvalue weighted by molar-refractivity contribution is 7.15. The van der Waals surface area contributed by atoms with Crippen LogP contribution in [0.2, 0.25) is 0 Å². The van der Waals surface area contributed by atoms with Gasteiger partial charge in [-0.05, 0) is 61.9 Å². The quantitative estimate of drug-likeness (QED) is 0.393. The Hall–Kier alpha value is -3.39. The van der Waals surface area contributed by atoms with Gasteiger partial charge in [-0.2, -0.15) is 13.2 Å². The summed E-state index contributed by atoms with van der Waals surface area (Å²) in [6, 6.07) is 14.6. The number of aryl methyl sites for hydroxylation is 1. The lowest BCUT2D eigenvalue weighted by atomic mass is 10.2. The van der Waals surface area contributed by atoms with E-state index in [-0.39, 0.29) is 5.56 Å². The van der Waals surface area contributed by atoms with E-state index in [0.29, 0.717) is 15.2 Å². The second-order valence-electron chi connectivity index (χ2n) is 7.34. The van der Waals surface area contributed by atoms with Crippen molar-refractivity contribution < 1.29 is 13.2 Å². The number of imidazole rings is 1. The fourth-order valence-electron chi connectivity index (χ4n) is 3.91. The van der Waals surface area contributed by atoms with Gasteiger partial charge < -0.3 is 4.57 Å². The van der Waals surface area contributed by atoms with Crippen LogP contribution in [-0.2, 0) is 6.18 Å². The molecule has 0 aliphatic rings. The third kappa shape index (κ3) is 3.14. The molecule has 8 heteroatoms. The van der Waals surface area contributed by atoms with Crippen molar-refractivity contribution in [3.63, 3.8) is 0 Å². The van der Waals surface area contributed by atoms with Crippen LogP contribution in [0.5, 0.6) is 0 Å². The Labute approximate surface area is 178 Å². The first-order chi connectivity index (χ1) is 14.7. The lowest BCUT2D eigenvalue weighted by Gasteiger charge is -2.13. The first-order valence-electron chi connectivity index (χ1n) is 9.52. The number of alkyl halides is 3. The molecule has 0 unspecified atom stereocenters. The highest BCUT2D eigenvalue weighted by Crippen LogP contribution is 2.31. The second-order valence-corrected chi connectivity index (χ2v) is 8.35. The molecular formula is C23H16F3N3OS. The van der Waals surface area contributed by atoms with E-state index in [0.717, 1.165) is 40.1 Å². The Morgan fingerprint density at radius 1 is 1.03 bits per heavy atom. The summed E-state index contributed by atoms with van der Waals surface area (Å²) >= 11 is 1.30. The van der Waals surface area contributed by atoms with Crippen LogP contribution in [0.15, 0.2) is 59.4 Å². The van der Waals surface area contributed by atoms with Crippen LogP contribution in [0.25, 0.3) is 27.8 Å². The van der Waals surface area contributed by atoms with Gasteiger partial charge >= 0.3 is 6.18 Å². The summed E-state index contributed by atoms with van der Waals surface area (Å²) in [5, 5.41) is 0. The van der Waals surface area contributed by atoms with Crippen molar-refractivity contribution in [2.24, 2.45) is 0 Å². The number of fused-ring (bicyclic) bond motifs is 3. The van der Waals surface area contributed by atoms with Gasteiger partial charge in [-0.3, -0.25) is 4.79 Å². The highest BCUT2D eigenvalue weighted by Gasteiger charge is 2.30. The van der Waals surface area contributed by atoms with Crippen LogP contribution in [0.4, 0.5) is 13.2 Å². The number of aromatic nitrogens is 3. The summed E-state index contributed by atoms with van der Waals surface area (Å²) in [5.74, 6) is 0. The van der Waals surface area contributed by atoms with Gasteiger partial charge in [-0.1, -0.05) is 29.5 Å². The van der Waals surface area contributed by atoms with Gasteiger partial charge in [0, 0.05) is 17.1 Å². The van der Waals surface area contributed by atoms with Crippen LogP contribution in [0.1, 0.15) is 22.5 Å². The number of halogens is 3. The summed E-state index contributed by atoms with van der Waals surface area (Å²) in [6.45, 7) is 3.66. The molecule has 0 amide bonds. The third-order valence-electron chi connectivity index (χ3n) is 5.33. The van der Waals surface area contributed by atoms with Gasteiger partial charge in [0.1, 0.15) is 0 Å². The predicted octanol–water partition coefficient (Wildman–Crippen LogP) is 4.88. The minimum absolute atomic E-state index is 0.155. The second kappa shape index (κ2) is 6.81. The zero-order valence-electron chi connectivity index (χ0n) is 16.6. The average Bonchev–Trinajstić information content (AvgIpc) is 3.32. The van der Waals surface area contributed by atoms with Gasteiger partial charge in [0.05, 0.1) is 21.1 Å². The van der Waals surface area contributed by atoms with Crippen LogP contribution in [0, 0.1) is 13.8 Å². The molecule has 31 heavy (non-hydrogen) atoms. The van der Waals surface area contributed by atoms with Crippen molar-refractivity contribution in [2.75, 3.05) is 0 Å². The normalized spacial score (nSPS) is 13.0. The van der Waals surface area contributed by atoms with Crippen molar-refractivity contribution in [3.05, 3.63) is 92.0 Å². The maximum atomic E-state index is 13.1. The molecule has 2 aromatic carbocycles. The first-order valence-corrected chi connectivity index (χ1v) is 10.3. The lowest BCUT2D eigenvalue weighted by Crippen LogP contribution is -2.22. The molecule has 5 rings (SSSR count). The van der Waals surface area contributed by atoms with E-state index in [9.17, 15) is 18.0 Å². The third-order valence-corrected chi connectivity index (χ3v) is 6.30. The molecule has 4 nitrogen and oxygen atoms in total. The van der Waals surface area contributed by atoms with Crippen molar-refractivity contribution >= 4 is 33.4 Å². The Morgan fingerprint density at radius 2 is 1.81 bits per heavy atom. The molecule has 3 aromatic heterocycles. The summed E-state index contributed by atoms with van der Waals surface area (Å²) in [5.41, 5.74) is 3.41. The fraction of sp³-hybridized carbons (Fsp3) is 0.130. The van der Waals surface area contributed by atoms with Gasteiger partial charge in [0.15, 0.2) is 4.96 Å². The average molecular weight is 439 g/mol. The topological polar surface area (TPSA) is 39.3 Å². The molecule has 5 aromatic rings. The lowest BCUT2D eigenvalue weighted by molar-refractivity contribution is -0.137. The number of hydrogen-bond acceptors (Lipinski definition) is 3. The van der Waals surface area contributed by atoms with Crippen LogP contribution in [-0.4, -0.2) is 14.0 Å². The smallest absolute Gasteiger partial charge is 0.318 e. The number of thiazole rings is 1. The molecule has 0 fully saturated rings. The summed E-state index contributed by atoms with van der Waals surface area (Å²) < 4.78 is 43.3. The Balaban J connectivity index is 1.66. The summed E-state index contributed by atoms with van der Waals surface area (Å²) in [6.07, 6.45) is -2.63. The maximum Gasteiger partial charge on any atom is 0.416 e. The van der Waals surface area contributed by atoms with Gasteiger partial charge in [-0.15, -0.1) is 0 Å². The monoisotopic (exact) mass is 439 g/mol. The minimum atomic E-state index is -4.41. The predicted molar refractivity (Wildman–Crippen MR) is 116 cm³/mol. The molecule has 0 saturated heterocycles. The SMILES string of the molecule is Cc1cc(/C=c2\sc3nc4ccccc4n3c2=O)c(C)n1-c1cccc(C(F)(F)F)c1. The van der Waals surface area contributed by atoms with E-state index >= 15 is 0 Å². The first kappa shape index (κ1) is 19.6. The zero-order chi connectivity index (χ0) is 21.9. The van der Waals surface area contributed by atoms with Crippen LogP contribution in [0.3, 0.4) is 0 Å². The Morgan fingerprint density at radius 3 is 2.58 bits per heavy atom. The Kier molecular flexibility index (Phi) is 4.30. The van der Waals surface area contributed by atoms with Crippen molar-refractivity contribution in [1.29, 1.82) is 0 Å². The van der Waals surface area contributed by atoms with Crippen LogP contribution < -0.4 is 10.1 Å². The standard InChI is InChI=1S/C23H16F3N3OS/c1-13-10-15(14(2)28(13)17-7-5-6-16(12-17)23(24,25)26)11-20-21(30)29-19-9-4-3-8-18(19)27-22(29)31-20/h3-12H,1-2H3/b20-11-. The number of benzene rings is 2. The molecule has 0 bridgehead atoms. The fourth-order valence-corrected chi connectivity index (χ4v) is 4.88. The van der Waals surface area contributed by atoms with Crippen molar-refractivity contribution in [3.8, 4) is 5.69 Å². The zero-order valence-corrected chi connectivity index (χ0v) is 17.4. The number of para-hydroxylation sites is 2. The molecule has 0 N–H and O–H groups in total. The maximum absolute atomic E-state index is 13.1. The van der Waals surface area contributed by atoms with Gasteiger partial charge in [-0.25, -0.2) is 9.38 Å². The van der Waals surface area contributed by atoms with E-state index in [2.05, 4.69) is 4.98 Å². The molecule has 0 aliphatic heterocycles. The highest BCUT2D eigenvalue weighted by atomic mass is 32.1. The molecule has 0 atom stereocenters. The molecule has 0 radical (unpaired) electrons. The van der Waals surface area contributed by atoms with E-state index in [1.165, 1.54) is 17.4 Å². The van der Waals surface area contributed by atoms with E-state index in [4.69, 9.17) is 0 Å². The van der Waals surface area contributed by atoms with E-state index < -0.39 is 11.7 Å². The van der Waals surface area contributed by atoms with Crippen molar-refractivity contribution in [1.82, 2.24) is 14.0 Å². The Bertz CT molecular complexity index is 1570. The number of nitrogens with zero attached hydrogens (tertiary/aromatic N) is 3. The number of rotatable bonds is 2. The van der Waals surface area contributed by atoms with Gasteiger partial charge in [0.2, 0.25) is 0 Å². The number of hydrogen-bond donors (Lipinski definition) is 0. The summed E-state index contributed by atoms with van der Waals surface area (Å²) in [4.78, 5) is 18.1. The van der Waals surface area contributed by atoms with E-state index in [1.807, 2.05) is 44.2 Å². The molecule has 0 spiro atoms. The van der Waals surface area contributed by atoms with Crippen molar-refractivity contribution in [2.45, 2.75) is 20.0 Å². The van der Waals surface area contributed by atoms with Gasteiger partial charge in [0.25, 0.3) is 5.56 Å². The van der Waals surface area contributed by atoms with Crippen LogP contribution >= 0.6 is 11.3 Å². The minimum Gasteiger partial charge on any atom is -0.318 e.